The zero-order valence-corrected chi connectivity index (χ0v) is 25.5. The fourth-order valence-electron chi connectivity index (χ4n) is 3.57. The van der Waals surface area contributed by atoms with Crippen LogP contribution in [-0.4, -0.2) is 54.1 Å². The van der Waals surface area contributed by atoms with E-state index in [1.54, 1.807) is 40.0 Å². The van der Waals surface area contributed by atoms with Gasteiger partial charge in [-0.15, -0.1) is 5.11 Å². The van der Waals surface area contributed by atoms with Crippen LogP contribution in [0.1, 0.15) is 20.8 Å². The van der Waals surface area contributed by atoms with Crippen molar-refractivity contribution in [1.82, 2.24) is 4.72 Å². The minimum atomic E-state index is -4.23. The first kappa shape index (κ1) is 31.7. The van der Waals surface area contributed by atoms with Crippen molar-refractivity contribution in [2.45, 2.75) is 31.2 Å². The van der Waals surface area contributed by atoms with Crippen molar-refractivity contribution in [3.05, 3.63) is 42.5 Å². The molecule has 40 heavy (non-hydrogen) atoms. The maximum absolute atomic E-state index is 13.2. The zero-order chi connectivity index (χ0) is 29.7. The number of rotatable bonds is 12. The monoisotopic (exact) mass is 632 g/mol. The molecule has 0 heterocycles. The van der Waals surface area contributed by atoms with E-state index >= 15 is 0 Å². The summed E-state index contributed by atoms with van der Waals surface area (Å²) >= 11 is 0.573. The van der Waals surface area contributed by atoms with Gasteiger partial charge in [0.15, 0.2) is 22.8 Å². The molecule has 0 saturated heterocycles. The van der Waals surface area contributed by atoms with Gasteiger partial charge in [-0.2, -0.15) is 5.11 Å². The number of halogens is 1. The van der Waals surface area contributed by atoms with Crippen LogP contribution in [0.3, 0.4) is 0 Å². The molecule has 0 spiro atoms. The number of phenols is 1. The van der Waals surface area contributed by atoms with Crippen LogP contribution in [0.2, 0.25) is 0 Å². The first-order chi connectivity index (χ1) is 18.6. The number of ether oxygens (including phenoxy) is 2. The van der Waals surface area contributed by atoms with Crippen molar-refractivity contribution in [1.29, 1.82) is 0 Å². The number of hydrogen-bond donors (Lipinski definition) is 3. The quantitative estimate of drug-likeness (QED) is 0.131. The van der Waals surface area contributed by atoms with E-state index in [2.05, 4.69) is 19.7 Å². The van der Waals surface area contributed by atoms with Crippen LogP contribution in [0, 0.1) is 0 Å². The van der Waals surface area contributed by atoms with Gasteiger partial charge in [0.2, 0.25) is 20.0 Å². The number of phenolic OH excluding ortho intramolecular Hbond substituents is 1. The predicted octanol–water partition coefficient (Wildman–Crippen LogP) is 5.62. The number of sulfonamides is 2. The second kappa shape index (κ2) is 12.8. The van der Waals surface area contributed by atoms with E-state index in [0.29, 0.717) is 23.6 Å². The van der Waals surface area contributed by atoms with E-state index in [0.717, 1.165) is 12.3 Å². The summed E-state index contributed by atoms with van der Waals surface area (Å²) in [7, 11) is -0.763. The molecule has 0 fully saturated rings. The van der Waals surface area contributed by atoms with E-state index in [4.69, 9.17) is 24.3 Å². The highest BCUT2D eigenvalue weighted by Gasteiger charge is 2.28. The smallest absolute Gasteiger partial charge is 0.244 e. The topological polar surface area (TPSA) is 165 Å². The molecule has 0 bridgehead atoms. The number of fused-ring (bicyclic) bond motifs is 1. The fourth-order valence-corrected chi connectivity index (χ4v) is 6.09. The average Bonchev–Trinajstić information content (AvgIpc) is 2.83. The first-order valence-electron chi connectivity index (χ1n) is 11.6. The van der Waals surface area contributed by atoms with Crippen LogP contribution in [0.4, 0.5) is 17.1 Å². The lowest BCUT2D eigenvalue weighted by molar-refractivity contribution is 0.145. The van der Waals surface area contributed by atoms with Gasteiger partial charge in [-0.05, 0) is 45.0 Å². The van der Waals surface area contributed by atoms with Crippen molar-refractivity contribution in [2.75, 3.05) is 31.3 Å². The molecule has 0 aliphatic carbocycles. The Balaban J connectivity index is 2.21. The molecule has 3 N–H and O–H groups in total. The summed E-state index contributed by atoms with van der Waals surface area (Å²) in [6, 6.07) is 10.2. The molecule has 16 heteroatoms. The summed E-state index contributed by atoms with van der Waals surface area (Å²) < 4.78 is 71.3. The van der Waals surface area contributed by atoms with Gasteiger partial charge in [0.05, 0.1) is 29.9 Å². The molecular weight excluding hydrogens is 604 g/mol. The number of azo groups is 1. The number of methoxy groups -OCH3 is 1. The summed E-state index contributed by atoms with van der Waals surface area (Å²) in [6.07, 6.45) is 0.964. The highest BCUT2D eigenvalue weighted by atomic mass is 35.7. The Labute approximate surface area is 241 Å². The predicted molar refractivity (Wildman–Crippen MR) is 156 cm³/mol. The number of benzene rings is 3. The van der Waals surface area contributed by atoms with E-state index in [1.165, 1.54) is 24.3 Å². The van der Waals surface area contributed by atoms with Crippen LogP contribution >= 0.6 is 21.9 Å². The Morgan fingerprint density at radius 2 is 1.75 bits per heavy atom. The van der Waals surface area contributed by atoms with Gasteiger partial charge in [0, 0.05) is 40.2 Å². The van der Waals surface area contributed by atoms with Crippen LogP contribution in [0.15, 0.2) is 57.6 Å². The molecule has 0 radical (unpaired) electrons. The summed E-state index contributed by atoms with van der Waals surface area (Å²) in [6.45, 7) is 5.56. The molecule has 0 unspecified atom stereocenters. The second-order valence-corrected chi connectivity index (χ2v) is 13.6. The van der Waals surface area contributed by atoms with Crippen molar-refractivity contribution in [3.8, 4) is 17.2 Å². The van der Waals surface area contributed by atoms with Crippen LogP contribution in [0.25, 0.3) is 10.8 Å². The molecule has 0 aliphatic heterocycles. The normalized spacial score (nSPS) is 12.7. The SMILES string of the molecule is COCCOc1ccc(N=Nc2cc(S(=O)(=O)NC(C)(C)C)c(O)c3cccc(NS(C)(=O)=O)c23)cc1OSCl. The second-order valence-electron chi connectivity index (χ2n) is 9.52. The molecule has 0 aromatic heterocycles. The Kier molecular flexibility index (Phi) is 10.1. The van der Waals surface area contributed by atoms with Crippen molar-refractivity contribution >= 4 is 69.8 Å². The van der Waals surface area contributed by atoms with E-state index < -0.39 is 36.2 Å². The molecular formula is C24H29ClN4O8S3. The molecule has 0 aliphatic rings. The van der Waals surface area contributed by atoms with Crippen LogP contribution in [0.5, 0.6) is 17.2 Å². The number of hydrogen-bond acceptors (Lipinski definition) is 11. The molecule has 0 saturated carbocycles. The van der Waals surface area contributed by atoms with Crippen molar-refractivity contribution < 1.29 is 35.6 Å². The standard InChI is InChI=1S/C24H29ClN4O8S3/c1-24(2,3)29-40(33,34)21-14-18(22-16(23(21)30)7-6-8-17(22)28-39(5,31)32)27-26-15-9-10-19(36-12-11-35-4)20(13-15)37-38-25/h6-10,13-14,28-30H,11-12H2,1-5H3. The van der Waals surface area contributed by atoms with E-state index in [9.17, 15) is 21.9 Å². The van der Waals surface area contributed by atoms with Gasteiger partial charge in [0.1, 0.15) is 17.3 Å². The highest BCUT2D eigenvalue weighted by molar-refractivity contribution is 8.17. The lowest BCUT2D eigenvalue weighted by atomic mass is 10.1. The Hall–Kier alpha value is -2.82. The molecule has 3 aromatic rings. The summed E-state index contributed by atoms with van der Waals surface area (Å²) in [5.74, 6) is 0.0518. The Morgan fingerprint density at radius 3 is 2.38 bits per heavy atom. The molecule has 3 aromatic carbocycles. The van der Waals surface area contributed by atoms with Crippen LogP contribution < -0.4 is 18.4 Å². The van der Waals surface area contributed by atoms with E-state index in [1.807, 2.05) is 0 Å². The van der Waals surface area contributed by atoms with Crippen molar-refractivity contribution in [2.24, 2.45) is 10.2 Å². The summed E-state index contributed by atoms with van der Waals surface area (Å²) in [4.78, 5) is -0.454. The third-order valence-electron chi connectivity index (χ3n) is 4.97. The van der Waals surface area contributed by atoms with Crippen molar-refractivity contribution in [3.63, 3.8) is 0 Å². The van der Waals surface area contributed by atoms with Gasteiger partial charge in [0.25, 0.3) is 0 Å². The van der Waals surface area contributed by atoms with Gasteiger partial charge >= 0.3 is 0 Å². The molecule has 218 valence electrons. The van der Waals surface area contributed by atoms with Gasteiger partial charge in [-0.25, -0.2) is 21.6 Å². The molecule has 0 amide bonds. The van der Waals surface area contributed by atoms with E-state index in [-0.39, 0.29) is 40.2 Å². The minimum absolute atomic E-state index is 0.0246. The number of anilines is 1. The number of nitrogens with one attached hydrogen (secondary N) is 2. The lowest BCUT2D eigenvalue weighted by Gasteiger charge is -2.21. The fraction of sp³-hybridized carbons (Fsp3) is 0.333. The highest BCUT2D eigenvalue weighted by Crippen LogP contribution is 2.43. The van der Waals surface area contributed by atoms with Gasteiger partial charge in [-0.1, -0.05) is 12.1 Å². The van der Waals surface area contributed by atoms with Gasteiger partial charge < -0.3 is 18.8 Å². The van der Waals surface area contributed by atoms with Gasteiger partial charge in [-0.3, -0.25) is 4.72 Å². The number of nitrogens with zero attached hydrogens (tertiary/aromatic N) is 2. The average molecular weight is 633 g/mol. The lowest BCUT2D eigenvalue weighted by Crippen LogP contribution is -2.40. The largest absolute Gasteiger partial charge is 0.506 e. The Bertz CT molecular complexity index is 1630. The number of aromatic hydroxyl groups is 1. The first-order valence-corrected chi connectivity index (χ1v) is 16.5. The molecule has 3 rings (SSSR count). The molecule has 0 atom stereocenters. The van der Waals surface area contributed by atoms with Crippen LogP contribution in [-0.2, 0) is 24.8 Å². The zero-order valence-electron chi connectivity index (χ0n) is 22.3. The molecule has 12 nitrogen and oxygen atoms in total. The minimum Gasteiger partial charge on any atom is -0.506 e. The summed E-state index contributed by atoms with van der Waals surface area (Å²) in [5, 5.41) is 19.6. The maximum atomic E-state index is 13.2. The third kappa shape index (κ3) is 8.34. The maximum Gasteiger partial charge on any atom is 0.244 e. The summed E-state index contributed by atoms with van der Waals surface area (Å²) in [5.41, 5.74) is -0.525. The Morgan fingerprint density at radius 1 is 1.02 bits per heavy atom. The third-order valence-corrected chi connectivity index (χ3v) is 7.76.